The fraction of sp³-hybridized carbons (Fsp3) is 0.211. The van der Waals surface area contributed by atoms with Crippen LogP contribution >= 0.6 is 0 Å². The number of amides is 1. The smallest absolute Gasteiger partial charge is 0.239 e. The lowest BCUT2D eigenvalue weighted by atomic mass is 10.1. The normalized spacial score (nSPS) is 14.0. The highest BCUT2D eigenvalue weighted by molar-refractivity contribution is 5.94. The molecule has 1 aliphatic heterocycles. The Hall–Kier alpha value is -3.19. The van der Waals surface area contributed by atoms with Crippen LogP contribution in [0.3, 0.4) is 0 Å². The largest absolute Gasteiger partial charge is 0.396 e. The van der Waals surface area contributed by atoms with E-state index >= 15 is 0 Å². The highest BCUT2D eigenvalue weighted by Gasteiger charge is 2.19. The van der Waals surface area contributed by atoms with E-state index in [-0.39, 0.29) is 5.91 Å². The maximum atomic E-state index is 12.5. The predicted octanol–water partition coefficient (Wildman–Crippen LogP) is 1.98. The number of anilines is 2. The number of nitrogen functional groups attached to an aromatic ring is 1. The second-order valence-electron chi connectivity index (χ2n) is 6.34. The van der Waals surface area contributed by atoms with E-state index in [0.29, 0.717) is 24.6 Å². The number of benzene rings is 1. The van der Waals surface area contributed by atoms with E-state index in [1.807, 2.05) is 48.9 Å². The maximum absolute atomic E-state index is 12.5. The van der Waals surface area contributed by atoms with E-state index in [2.05, 4.69) is 24.8 Å². The summed E-state index contributed by atoms with van der Waals surface area (Å²) >= 11 is 0. The van der Waals surface area contributed by atoms with Gasteiger partial charge in [-0.2, -0.15) is 0 Å². The predicted molar refractivity (Wildman–Crippen MR) is 100 cm³/mol. The average Bonchev–Trinajstić information content (AvgIpc) is 3.12. The standard InChI is InChI=1S/C19H20N6O/c20-16-6-7-17(14-4-2-1-3-5-14)22-19(16)23-18(26)12-24-8-9-25-13-21-10-15(25)11-24/h1-7,10,13H,8-9,11-12,20H2,(H,22,23,26). The van der Waals surface area contributed by atoms with Gasteiger partial charge in [0.1, 0.15) is 0 Å². The molecule has 0 radical (unpaired) electrons. The quantitative estimate of drug-likeness (QED) is 0.753. The summed E-state index contributed by atoms with van der Waals surface area (Å²) in [6.45, 7) is 2.65. The number of nitrogens with two attached hydrogens (primary N) is 1. The Morgan fingerprint density at radius 2 is 2.00 bits per heavy atom. The molecule has 7 heteroatoms. The van der Waals surface area contributed by atoms with E-state index in [1.165, 1.54) is 0 Å². The van der Waals surface area contributed by atoms with Gasteiger partial charge in [-0.15, -0.1) is 0 Å². The fourth-order valence-electron chi connectivity index (χ4n) is 3.09. The average molecular weight is 348 g/mol. The van der Waals surface area contributed by atoms with Crippen LogP contribution in [-0.2, 0) is 17.9 Å². The number of pyridine rings is 1. The zero-order valence-corrected chi connectivity index (χ0v) is 14.3. The van der Waals surface area contributed by atoms with E-state index in [0.717, 1.165) is 30.0 Å². The van der Waals surface area contributed by atoms with Gasteiger partial charge in [0.25, 0.3) is 0 Å². The first-order chi connectivity index (χ1) is 12.7. The molecule has 1 amide bonds. The van der Waals surface area contributed by atoms with Gasteiger partial charge in [0.15, 0.2) is 5.82 Å². The first kappa shape index (κ1) is 16.3. The van der Waals surface area contributed by atoms with Crippen LogP contribution in [0.2, 0.25) is 0 Å². The van der Waals surface area contributed by atoms with Crippen LogP contribution in [0.25, 0.3) is 11.3 Å². The summed E-state index contributed by atoms with van der Waals surface area (Å²) in [6, 6.07) is 13.4. The molecule has 0 spiro atoms. The topological polar surface area (TPSA) is 89.1 Å². The van der Waals surface area contributed by atoms with Crippen LogP contribution in [0.1, 0.15) is 5.69 Å². The number of hydrogen-bond donors (Lipinski definition) is 2. The number of nitrogens with one attached hydrogen (secondary N) is 1. The molecule has 0 saturated carbocycles. The minimum atomic E-state index is -0.123. The third-order valence-electron chi connectivity index (χ3n) is 4.46. The van der Waals surface area contributed by atoms with E-state index in [1.54, 1.807) is 6.07 Å². The SMILES string of the molecule is Nc1ccc(-c2ccccc2)nc1NC(=O)CN1CCn2cncc2C1. The van der Waals surface area contributed by atoms with Crippen molar-refractivity contribution in [3.05, 3.63) is 60.7 Å². The van der Waals surface area contributed by atoms with Crippen molar-refractivity contribution in [3.8, 4) is 11.3 Å². The van der Waals surface area contributed by atoms with Gasteiger partial charge in [-0.25, -0.2) is 9.97 Å². The van der Waals surface area contributed by atoms with Crippen molar-refractivity contribution in [2.24, 2.45) is 0 Å². The molecule has 2 aromatic heterocycles. The first-order valence-corrected chi connectivity index (χ1v) is 8.52. The number of fused-ring (bicyclic) bond motifs is 1. The summed E-state index contributed by atoms with van der Waals surface area (Å²) in [5.74, 6) is 0.279. The van der Waals surface area contributed by atoms with E-state index in [4.69, 9.17) is 5.73 Å². The fourth-order valence-corrected chi connectivity index (χ4v) is 3.09. The molecule has 26 heavy (non-hydrogen) atoms. The molecule has 3 heterocycles. The molecule has 0 fully saturated rings. The zero-order chi connectivity index (χ0) is 17.9. The molecule has 0 aliphatic carbocycles. The monoisotopic (exact) mass is 348 g/mol. The van der Waals surface area contributed by atoms with Crippen LogP contribution in [-0.4, -0.2) is 38.4 Å². The first-order valence-electron chi connectivity index (χ1n) is 8.52. The molecule has 132 valence electrons. The van der Waals surface area contributed by atoms with Gasteiger partial charge in [0, 0.05) is 31.4 Å². The molecule has 0 saturated heterocycles. The van der Waals surface area contributed by atoms with Gasteiger partial charge in [0.2, 0.25) is 5.91 Å². The Bertz CT molecular complexity index is 921. The molecule has 1 aliphatic rings. The number of nitrogens with zero attached hydrogens (tertiary/aromatic N) is 4. The Labute approximate surface area is 151 Å². The van der Waals surface area contributed by atoms with Crippen molar-refractivity contribution in [1.29, 1.82) is 0 Å². The molecule has 1 aromatic carbocycles. The number of carbonyl (C=O) groups is 1. The lowest BCUT2D eigenvalue weighted by molar-refractivity contribution is -0.117. The highest BCUT2D eigenvalue weighted by atomic mass is 16.2. The lowest BCUT2D eigenvalue weighted by Crippen LogP contribution is -2.38. The summed E-state index contributed by atoms with van der Waals surface area (Å²) < 4.78 is 2.11. The van der Waals surface area contributed by atoms with Crippen molar-refractivity contribution in [2.45, 2.75) is 13.1 Å². The van der Waals surface area contributed by atoms with Gasteiger partial charge < -0.3 is 15.6 Å². The van der Waals surface area contributed by atoms with Crippen LogP contribution in [0.15, 0.2) is 55.0 Å². The van der Waals surface area contributed by atoms with Crippen molar-refractivity contribution in [2.75, 3.05) is 24.1 Å². The van der Waals surface area contributed by atoms with Gasteiger partial charge in [-0.05, 0) is 12.1 Å². The Balaban J connectivity index is 1.44. The van der Waals surface area contributed by atoms with Crippen LogP contribution in [0.5, 0.6) is 0 Å². The summed E-state index contributed by atoms with van der Waals surface area (Å²) in [6.07, 6.45) is 3.67. The number of rotatable bonds is 4. The molecular weight excluding hydrogens is 328 g/mol. The number of aromatic nitrogens is 3. The van der Waals surface area contributed by atoms with Gasteiger partial charge >= 0.3 is 0 Å². The molecule has 4 rings (SSSR count). The third kappa shape index (κ3) is 3.43. The summed E-state index contributed by atoms with van der Waals surface area (Å²) in [5, 5.41) is 2.85. The van der Waals surface area contributed by atoms with Crippen LogP contribution in [0.4, 0.5) is 11.5 Å². The minimum absolute atomic E-state index is 0.123. The molecule has 0 atom stereocenters. The zero-order valence-electron chi connectivity index (χ0n) is 14.3. The van der Waals surface area contributed by atoms with E-state index < -0.39 is 0 Å². The highest BCUT2D eigenvalue weighted by Crippen LogP contribution is 2.23. The van der Waals surface area contributed by atoms with Crippen LogP contribution < -0.4 is 11.1 Å². The summed E-state index contributed by atoms with van der Waals surface area (Å²) in [7, 11) is 0. The molecule has 7 nitrogen and oxygen atoms in total. The molecule has 3 aromatic rings. The molecule has 3 N–H and O–H groups in total. The van der Waals surface area contributed by atoms with E-state index in [9.17, 15) is 4.79 Å². The second-order valence-corrected chi connectivity index (χ2v) is 6.34. The number of imidazole rings is 1. The summed E-state index contributed by atoms with van der Waals surface area (Å²) in [5.41, 5.74) is 9.32. The van der Waals surface area contributed by atoms with Crippen molar-refractivity contribution in [3.63, 3.8) is 0 Å². The Kier molecular flexibility index (Phi) is 4.37. The van der Waals surface area contributed by atoms with Crippen LogP contribution in [0, 0.1) is 0 Å². The van der Waals surface area contributed by atoms with Crippen molar-refractivity contribution in [1.82, 2.24) is 19.4 Å². The second kappa shape index (κ2) is 6.97. The molecular formula is C19H20N6O. The van der Waals surface area contributed by atoms with Gasteiger partial charge in [-0.1, -0.05) is 30.3 Å². The van der Waals surface area contributed by atoms with Crippen molar-refractivity contribution >= 4 is 17.4 Å². The van der Waals surface area contributed by atoms with Crippen molar-refractivity contribution < 1.29 is 4.79 Å². The minimum Gasteiger partial charge on any atom is -0.396 e. The number of carbonyl (C=O) groups excluding carboxylic acids is 1. The lowest BCUT2D eigenvalue weighted by Gasteiger charge is -2.27. The van der Waals surface area contributed by atoms with Gasteiger partial charge in [0.05, 0.1) is 29.9 Å². The Morgan fingerprint density at radius 3 is 2.85 bits per heavy atom. The maximum Gasteiger partial charge on any atom is 0.239 e. The Morgan fingerprint density at radius 1 is 1.15 bits per heavy atom. The van der Waals surface area contributed by atoms with Gasteiger partial charge in [-0.3, -0.25) is 9.69 Å². The third-order valence-corrected chi connectivity index (χ3v) is 4.46. The number of hydrogen-bond acceptors (Lipinski definition) is 5. The summed E-state index contributed by atoms with van der Waals surface area (Å²) in [4.78, 5) is 23.2. The molecule has 0 bridgehead atoms. The molecule has 0 unspecified atom stereocenters.